The first-order valence-corrected chi connectivity index (χ1v) is 13.4. The standard InChI is InChI=1S/C30H25ClN2O4S/c1-35-23-16-25(37-3)24(36-2)14-18(23)15-26-29(34)33-28(20-10-6-7-11-22(20)31)21-13-12-17-8-4-5-9-19(17)27(21)32-30(33)38-26/h4-11,14-16,28H,12-13H2,1-3H3/b26-15-. The zero-order valence-electron chi connectivity index (χ0n) is 21.2. The van der Waals surface area contributed by atoms with Crippen LogP contribution in [0.5, 0.6) is 17.2 Å². The summed E-state index contributed by atoms with van der Waals surface area (Å²) in [4.78, 5) is 19.7. The molecule has 2 heterocycles. The van der Waals surface area contributed by atoms with Crippen LogP contribution in [-0.4, -0.2) is 25.9 Å². The molecule has 0 saturated heterocycles. The number of aryl methyl sites for hydroxylation is 1. The van der Waals surface area contributed by atoms with Crippen LogP contribution in [0.15, 0.2) is 76.0 Å². The monoisotopic (exact) mass is 544 g/mol. The number of hydrogen-bond donors (Lipinski definition) is 0. The zero-order chi connectivity index (χ0) is 26.4. The molecule has 1 aliphatic heterocycles. The molecule has 3 aromatic carbocycles. The molecule has 1 unspecified atom stereocenters. The van der Waals surface area contributed by atoms with Crippen molar-refractivity contribution in [2.45, 2.75) is 18.9 Å². The van der Waals surface area contributed by atoms with E-state index in [1.165, 1.54) is 16.9 Å². The third-order valence-corrected chi connectivity index (χ3v) is 8.42. The average molecular weight is 545 g/mol. The minimum atomic E-state index is -0.335. The van der Waals surface area contributed by atoms with E-state index in [4.69, 9.17) is 30.8 Å². The first-order chi connectivity index (χ1) is 18.5. The quantitative estimate of drug-likeness (QED) is 0.355. The lowest BCUT2D eigenvalue weighted by Gasteiger charge is -2.31. The molecule has 6 nitrogen and oxygen atoms in total. The summed E-state index contributed by atoms with van der Waals surface area (Å²) in [5.41, 5.74) is 5.91. The van der Waals surface area contributed by atoms with Gasteiger partial charge in [0.1, 0.15) is 5.75 Å². The molecule has 8 heteroatoms. The summed E-state index contributed by atoms with van der Waals surface area (Å²) in [6, 6.07) is 19.3. The van der Waals surface area contributed by atoms with Crippen LogP contribution in [0.2, 0.25) is 5.02 Å². The van der Waals surface area contributed by atoms with Crippen molar-refractivity contribution in [1.82, 2.24) is 4.57 Å². The van der Waals surface area contributed by atoms with Crippen molar-refractivity contribution in [3.8, 4) is 17.2 Å². The van der Waals surface area contributed by atoms with Crippen LogP contribution >= 0.6 is 22.9 Å². The normalized spacial score (nSPS) is 16.3. The van der Waals surface area contributed by atoms with Crippen LogP contribution in [0.1, 0.15) is 34.7 Å². The number of nitrogens with zero attached hydrogens (tertiary/aromatic N) is 2. The van der Waals surface area contributed by atoms with Crippen LogP contribution in [-0.2, 0) is 6.42 Å². The van der Waals surface area contributed by atoms with E-state index in [0.717, 1.165) is 35.2 Å². The smallest absolute Gasteiger partial charge is 0.271 e. The summed E-state index contributed by atoms with van der Waals surface area (Å²) < 4.78 is 18.8. The Morgan fingerprint density at radius 3 is 2.42 bits per heavy atom. The first kappa shape index (κ1) is 24.5. The minimum Gasteiger partial charge on any atom is -0.496 e. The molecule has 0 N–H and O–H groups in total. The summed E-state index contributed by atoms with van der Waals surface area (Å²) in [5, 5.41) is 0.626. The van der Waals surface area contributed by atoms with Gasteiger partial charge in [0.05, 0.1) is 37.6 Å². The molecule has 0 fully saturated rings. The molecule has 192 valence electrons. The number of rotatable bonds is 5. The highest BCUT2D eigenvalue weighted by Gasteiger charge is 2.33. The number of aromatic nitrogens is 1. The number of halogens is 1. The molecule has 2 aliphatic rings. The average Bonchev–Trinajstić information content (AvgIpc) is 3.26. The predicted octanol–water partition coefficient (Wildman–Crippen LogP) is 5.00. The van der Waals surface area contributed by atoms with Gasteiger partial charge in [0.15, 0.2) is 16.3 Å². The van der Waals surface area contributed by atoms with Gasteiger partial charge in [-0.3, -0.25) is 9.36 Å². The largest absolute Gasteiger partial charge is 0.496 e. The van der Waals surface area contributed by atoms with Crippen LogP contribution in [0.25, 0.3) is 11.8 Å². The van der Waals surface area contributed by atoms with E-state index in [0.29, 0.717) is 37.2 Å². The Kier molecular flexibility index (Phi) is 6.33. The molecular weight excluding hydrogens is 520 g/mol. The number of allylic oxidation sites excluding steroid dienone is 1. The molecule has 0 bridgehead atoms. The fraction of sp³-hybridized carbons (Fsp3) is 0.200. The van der Waals surface area contributed by atoms with Gasteiger partial charge in [0.25, 0.3) is 5.56 Å². The van der Waals surface area contributed by atoms with E-state index in [1.54, 1.807) is 32.0 Å². The number of benzene rings is 3. The van der Waals surface area contributed by atoms with Crippen molar-refractivity contribution in [3.63, 3.8) is 0 Å². The molecule has 0 radical (unpaired) electrons. The van der Waals surface area contributed by atoms with E-state index in [-0.39, 0.29) is 11.6 Å². The number of ether oxygens (including phenoxy) is 3. The van der Waals surface area contributed by atoms with E-state index in [2.05, 4.69) is 18.2 Å². The molecule has 4 aromatic rings. The van der Waals surface area contributed by atoms with E-state index in [1.807, 2.05) is 42.5 Å². The second-order valence-electron chi connectivity index (χ2n) is 9.08. The van der Waals surface area contributed by atoms with Crippen LogP contribution in [0.4, 0.5) is 0 Å². The van der Waals surface area contributed by atoms with E-state index in [9.17, 15) is 4.79 Å². The van der Waals surface area contributed by atoms with Crippen molar-refractivity contribution in [3.05, 3.63) is 113 Å². The Labute approximate surface area is 228 Å². The Bertz CT molecular complexity index is 1790. The predicted molar refractivity (Wildman–Crippen MR) is 150 cm³/mol. The fourth-order valence-corrected chi connectivity index (χ4v) is 6.53. The summed E-state index contributed by atoms with van der Waals surface area (Å²) in [7, 11) is 4.74. The van der Waals surface area contributed by atoms with Crippen molar-refractivity contribution in [1.29, 1.82) is 0 Å². The fourth-order valence-electron chi connectivity index (χ4n) is 5.30. The Balaban J connectivity index is 1.62. The maximum absolute atomic E-state index is 14.0. The molecule has 0 amide bonds. The van der Waals surface area contributed by atoms with Crippen molar-refractivity contribution >= 4 is 34.7 Å². The second kappa shape index (κ2) is 9.82. The lowest BCUT2D eigenvalue weighted by Crippen LogP contribution is -2.38. The molecule has 6 rings (SSSR count). The van der Waals surface area contributed by atoms with Gasteiger partial charge in [-0.1, -0.05) is 65.4 Å². The highest BCUT2D eigenvalue weighted by atomic mass is 35.5. The Hall–Kier alpha value is -3.81. The van der Waals surface area contributed by atoms with Crippen LogP contribution in [0, 0.1) is 0 Å². The highest BCUT2D eigenvalue weighted by Crippen LogP contribution is 2.42. The van der Waals surface area contributed by atoms with Gasteiger partial charge in [-0.15, -0.1) is 0 Å². The number of thiazole rings is 1. The summed E-state index contributed by atoms with van der Waals surface area (Å²) in [6.45, 7) is 0. The molecule has 1 aliphatic carbocycles. The van der Waals surface area contributed by atoms with Gasteiger partial charge in [-0.2, -0.15) is 0 Å². The van der Waals surface area contributed by atoms with Crippen molar-refractivity contribution in [2.24, 2.45) is 4.99 Å². The molecule has 0 spiro atoms. The third-order valence-electron chi connectivity index (χ3n) is 7.10. The van der Waals surface area contributed by atoms with Crippen LogP contribution in [0.3, 0.4) is 0 Å². The van der Waals surface area contributed by atoms with Gasteiger partial charge < -0.3 is 14.2 Å². The van der Waals surface area contributed by atoms with E-state index >= 15 is 0 Å². The lowest BCUT2D eigenvalue weighted by molar-refractivity contribution is 0.348. The van der Waals surface area contributed by atoms with Gasteiger partial charge in [0, 0.05) is 22.2 Å². The van der Waals surface area contributed by atoms with Gasteiger partial charge in [0.2, 0.25) is 0 Å². The van der Waals surface area contributed by atoms with Gasteiger partial charge in [-0.05, 0) is 47.8 Å². The second-order valence-corrected chi connectivity index (χ2v) is 10.5. The molecule has 1 atom stereocenters. The molecule has 1 aromatic heterocycles. The number of methoxy groups -OCH3 is 3. The third kappa shape index (κ3) is 3.94. The summed E-state index contributed by atoms with van der Waals surface area (Å²) in [6.07, 6.45) is 3.52. The van der Waals surface area contributed by atoms with E-state index < -0.39 is 0 Å². The molecule has 0 saturated carbocycles. The summed E-state index contributed by atoms with van der Waals surface area (Å²) in [5.74, 6) is 1.67. The Morgan fingerprint density at radius 1 is 0.947 bits per heavy atom. The van der Waals surface area contributed by atoms with Crippen LogP contribution < -0.4 is 29.1 Å². The Morgan fingerprint density at radius 2 is 1.66 bits per heavy atom. The molecular formula is C30H25ClN2O4S. The molecule has 38 heavy (non-hydrogen) atoms. The highest BCUT2D eigenvalue weighted by molar-refractivity contribution is 7.07. The SMILES string of the molecule is COc1cc(OC)c(OC)cc1/C=c1\sc2n(c1=O)C(c1ccccc1Cl)C1=C(N=2)c2ccccc2CC1. The maximum Gasteiger partial charge on any atom is 0.271 e. The van der Waals surface area contributed by atoms with Crippen molar-refractivity contribution < 1.29 is 14.2 Å². The number of fused-ring (bicyclic) bond motifs is 3. The van der Waals surface area contributed by atoms with Crippen molar-refractivity contribution in [2.75, 3.05) is 21.3 Å². The first-order valence-electron chi connectivity index (χ1n) is 12.2. The van der Waals surface area contributed by atoms with Gasteiger partial charge in [-0.25, -0.2) is 4.99 Å². The minimum absolute atomic E-state index is 0.124. The van der Waals surface area contributed by atoms with Gasteiger partial charge >= 0.3 is 0 Å². The zero-order valence-corrected chi connectivity index (χ0v) is 22.7. The topological polar surface area (TPSA) is 62.1 Å². The maximum atomic E-state index is 14.0. The lowest BCUT2D eigenvalue weighted by atomic mass is 9.83. The summed E-state index contributed by atoms with van der Waals surface area (Å²) >= 11 is 8.09. The number of hydrogen-bond acceptors (Lipinski definition) is 6.